The maximum absolute atomic E-state index is 10.5. The third-order valence-electron chi connectivity index (χ3n) is 4.30. The van der Waals surface area contributed by atoms with E-state index in [1.165, 1.54) is 32.1 Å². The van der Waals surface area contributed by atoms with Gasteiger partial charge in [-0.25, -0.2) is 0 Å². The SMILES string of the molecule is CC1CCC(CCCCNCCSS(=O)(=O)O)C(C)C1. The quantitative estimate of drug-likeness (QED) is 0.387. The zero-order valence-electron chi connectivity index (χ0n) is 12.7. The Morgan fingerprint density at radius 1 is 1.20 bits per heavy atom. The molecule has 1 saturated carbocycles. The standard InChI is InChI=1S/C14H29NO3S2/c1-12-6-7-14(13(2)11-12)5-3-4-8-15-9-10-19-20(16,17)18/h12-15H,3-11H2,1-2H3,(H,16,17,18). The van der Waals surface area contributed by atoms with Crippen LogP contribution in [0.25, 0.3) is 0 Å². The van der Waals surface area contributed by atoms with Crippen molar-refractivity contribution in [1.29, 1.82) is 0 Å². The summed E-state index contributed by atoms with van der Waals surface area (Å²) in [4.78, 5) is 0. The summed E-state index contributed by atoms with van der Waals surface area (Å²) in [6.07, 6.45) is 7.89. The highest BCUT2D eigenvalue weighted by atomic mass is 33.1. The van der Waals surface area contributed by atoms with Gasteiger partial charge in [-0.15, -0.1) is 0 Å². The van der Waals surface area contributed by atoms with Gasteiger partial charge >= 0.3 is 9.15 Å². The molecule has 6 heteroatoms. The Hall–Kier alpha value is 0.220. The van der Waals surface area contributed by atoms with Crippen molar-refractivity contribution in [3.63, 3.8) is 0 Å². The number of unbranched alkanes of at least 4 members (excludes halogenated alkanes) is 1. The molecule has 0 amide bonds. The average Bonchev–Trinajstić information content (AvgIpc) is 2.33. The van der Waals surface area contributed by atoms with Gasteiger partial charge in [0.25, 0.3) is 0 Å². The van der Waals surface area contributed by atoms with Crippen LogP contribution in [-0.2, 0) is 9.15 Å². The van der Waals surface area contributed by atoms with Crippen LogP contribution in [0.3, 0.4) is 0 Å². The fourth-order valence-electron chi connectivity index (χ4n) is 3.16. The Bertz CT molecular complexity index is 359. The molecule has 3 unspecified atom stereocenters. The van der Waals surface area contributed by atoms with E-state index in [1.54, 1.807) is 0 Å². The Labute approximate surface area is 127 Å². The fourth-order valence-corrected chi connectivity index (χ4v) is 4.48. The van der Waals surface area contributed by atoms with Crippen LogP contribution in [0.4, 0.5) is 0 Å². The second kappa shape index (κ2) is 9.28. The van der Waals surface area contributed by atoms with E-state index in [0.717, 1.165) is 30.7 Å². The van der Waals surface area contributed by atoms with Crippen LogP contribution in [0.2, 0.25) is 0 Å². The maximum atomic E-state index is 10.5. The predicted molar refractivity (Wildman–Crippen MR) is 86.4 cm³/mol. The van der Waals surface area contributed by atoms with Crippen LogP contribution in [0.1, 0.15) is 52.4 Å². The Balaban J connectivity index is 1.94. The van der Waals surface area contributed by atoms with Crippen molar-refractivity contribution in [3.05, 3.63) is 0 Å². The van der Waals surface area contributed by atoms with Crippen molar-refractivity contribution in [1.82, 2.24) is 5.32 Å². The second-order valence-corrected chi connectivity index (χ2v) is 9.62. The lowest BCUT2D eigenvalue weighted by Gasteiger charge is -2.32. The van der Waals surface area contributed by atoms with Crippen LogP contribution < -0.4 is 5.32 Å². The van der Waals surface area contributed by atoms with E-state index in [1.807, 2.05) is 0 Å². The summed E-state index contributed by atoms with van der Waals surface area (Å²) in [5.74, 6) is 3.08. The first-order chi connectivity index (χ1) is 9.38. The van der Waals surface area contributed by atoms with Crippen molar-refractivity contribution in [2.75, 3.05) is 18.8 Å². The minimum absolute atomic E-state index is 0.399. The molecule has 1 aliphatic rings. The van der Waals surface area contributed by atoms with Gasteiger partial charge in [-0.3, -0.25) is 4.55 Å². The van der Waals surface area contributed by atoms with Crippen molar-refractivity contribution < 1.29 is 13.0 Å². The lowest BCUT2D eigenvalue weighted by molar-refractivity contribution is 0.191. The average molecular weight is 324 g/mol. The number of nitrogens with one attached hydrogen (secondary N) is 1. The monoisotopic (exact) mass is 323 g/mol. The molecule has 0 bridgehead atoms. The van der Waals surface area contributed by atoms with Gasteiger partial charge in [0.2, 0.25) is 0 Å². The molecule has 0 spiro atoms. The molecular weight excluding hydrogens is 294 g/mol. The van der Waals surface area contributed by atoms with Gasteiger partial charge in [-0.2, -0.15) is 8.42 Å². The molecule has 4 nitrogen and oxygen atoms in total. The molecule has 1 rings (SSSR count). The first-order valence-corrected chi connectivity index (χ1v) is 10.7. The number of hydrogen-bond donors (Lipinski definition) is 2. The lowest BCUT2D eigenvalue weighted by Crippen LogP contribution is -2.22. The molecule has 2 N–H and O–H groups in total. The lowest BCUT2D eigenvalue weighted by atomic mass is 9.74. The van der Waals surface area contributed by atoms with Crippen molar-refractivity contribution in [3.8, 4) is 0 Å². The molecule has 0 aromatic rings. The van der Waals surface area contributed by atoms with E-state index in [0.29, 0.717) is 23.1 Å². The van der Waals surface area contributed by atoms with Gasteiger partial charge < -0.3 is 5.32 Å². The van der Waals surface area contributed by atoms with Crippen LogP contribution in [-0.4, -0.2) is 31.8 Å². The fraction of sp³-hybridized carbons (Fsp3) is 1.00. The smallest absolute Gasteiger partial charge is 0.316 e. The summed E-state index contributed by atoms with van der Waals surface area (Å²) in [5.41, 5.74) is 0. The van der Waals surface area contributed by atoms with Gasteiger partial charge in [0.15, 0.2) is 0 Å². The van der Waals surface area contributed by atoms with Gasteiger partial charge in [0.05, 0.1) is 0 Å². The zero-order chi connectivity index (χ0) is 15.0. The van der Waals surface area contributed by atoms with Crippen molar-refractivity contribution >= 4 is 19.9 Å². The highest BCUT2D eigenvalue weighted by Gasteiger charge is 2.24. The minimum Gasteiger partial charge on any atom is -0.316 e. The van der Waals surface area contributed by atoms with Gasteiger partial charge in [-0.1, -0.05) is 33.1 Å². The molecule has 0 heterocycles. The van der Waals surface area contributed by atoms with Crippen LogP contribution in [0.15, 0.2) is 0 Å². The van der Waals surface area contributed by atoms with Crippen molar-refractivity contribution in [2.24, 2.45) is 17.8 Å². The Kier molecular flexibility index (Phi) is 8.48. The first-order valence-electron chi connectivity index (χ1n) is 7.71. The third kappa shape index (κ3) is 8.49. The van der Waals surface area contributed by atoms with Gasteiger partial charge in [0, 0.05) is 12.3 Å². The molecule has 3 atom stereocenters. The van der Waals surface area contributed by atoms with Crippen LogP contribution in [0, 0.1) is 17.8 Å². The van der Waals surface area contributed by atoms with E-state index in [9.17, 15) is 8.42 Å². The van der Waals surface area contributed by atoms with Gasteiger partial charge in [-0.05, 0) is 54.4 Å². The Morgan fingerprint density at radius 2 is 1.95 bits per heavy atom. The normalized spacial score (nSPS) is 27.6. The van der Waals surface area contributed by atoms with E-state index in [4.69, 9.17) is 4.55 Å². The largest absolute Gasteiger partial charge is 0.319 e. The van der Waals surface area contributed by atoms with Crippen LogP contribution in [0.5, 0.6) is 0 Å². The molecule has 0 aromatic heterocycles. The molecule has 20 heavy (non-hydrogen) atoms. The van der Waals surface area contributed by atoms with Crippen LogP contribution >= 0.6 is 10.8 Å². The summed E-state index contributed by atoms with van der Waals surface area (Å²) in [7, 11) is -3.28. The second-order valence-electron chi connectivity index (χ2n) is 6.15. The summed E-state index contributed by atoms with van der Waals surface area (Å²) in [5, 5.41) is 3.22. The molecule has 0 aromatic carbocycles. The van der Waals surface area contributed by atoms with E-state index in [2.05, 4.69) is 19.2 Å². The Morgan fingerprint density at radius 3 is 2.60 bits per heavy atom. The molecule has 1 aliphatic carbocycles. The molecule has 0 aliphatic heterocycles. The van der Waals surface area contributed by atoms with Gasteiger partial charge in [0.1, 0.15) is 0 Å². The van der Waals surface area contributed by atoms with Crippen molar-refractivity contribution in [2.45, 2.75) is 52.4 Å². The predicted octanol–water partition coefficient (Wildman–Crippen LogP) is 3.35. The summed E-state index contributed by atoms with van der Waals surface area (Å²) >= 11 is 0. The number of rotatable bonds is 9. The molecule has 120 valence electrons. The highest BCUT2D eigenvalue weighted by molar-refractivity contribution is 8.69. The highest BCUT2D eigenvalue weighted by Crippen LogP contribution is 2.36. The maximum Gasteiger partial charge on any atom is 0.319 e. The zero-order valence-corrected chi connectivity index (χ0v) is 14.3. The topological polar surface area (TPSA) is 66.4 Å². The minimum atomic E-state index is -3.87. The van der Waals surface area contributed by atoms with E-state index >= 15 is 0 Å². The first kappa shape index (κ1) is 18.3. The molecular formula is C14H29NO3S2. The summed E-state index contributed by atoms with van der Waals surface area (Å²) in [6, 6.07) is 0. The van der Waals surface area contributed by atoms with E-state index < -0.39 is 9.15 Å². The summed E-state index contributed by atoms with van der Waals surface area (Å²) < 4.78 is 29.5. The summed E-state index contributed by atoms with van der Waals surface area (Å²) in [6.45, 7) is 6.32. The number of hydrogen-bond acceptors (Lipinski definition) is 4. The molecule has 1 fully saturated rings. The van der Waals surface area contributed by atoms with E-state index in [-0.39, 0.29) is 0 Å². The molecule has 0 saturated heterocycles. The third-order valence-corrected chi connectivity index (χ3v) is 6.36. The molecule has 0 radical (unpaired) electrons.